The van der Waals surface area contributed by atoms with E-state index in [0.29, 0.717) is 12.4 Å². The SMILES string of the molecule is CCCOC(=O)CCSN=O. The molecule has 0 aliphatic carbocycles. The van der Waals surface area contributed by atoms with Gasteiger partial charge in [0.15, 0.2) is 0 Å². The standard InChI is InChI=1S/C6H11NO3S/c1-2-4-10-6(8)3-5-11-7-9/h2-5H2,1H3. The van der Waals surface area contributed by atoms with Crippen molar-refractivity contribution in [2.45, 2.75) is 19.8 Å². The number of rotatable bonds is 6. The van der Waals surface area contributed by atoms with Crippen LogP contribution in [0.3, 0.4) is 0 Å². The lowest BCUT2D eigenvalue weighted by Gasteiger charge is -1.99. The first-order valence-corrected chi connectivity index (χ1v) is 4.35. The Labute approximate surface area is 69.8 Å². The van der Waals surface area contributed by atoms with Crippen molar-refractivity contribution in [1.82, 2.24) is 0 Å². The predicted molar refractivity (Wildman–Crippen MR) is 44.1 cm³/mol. The molecule has 0 aliphatic rings. The van der Waals surface area contributed by atoms with Crippen molar-refractivity contribution in [3.63, 3.8) is 0 Å². The molecule has 0 heterocycles. The summed E-state index contributed by atoms with van der Waals surface area (Å²) in [4.78, 5) is 20.3. The highest BCUT2D eigenvalue weighted by atomic mass is 32.2. The lowest BCUT2D eigenvalue weighted by atomic mass is 10.5. The molecule has 0 radical (unpaired) electrons. The van der Waals surface area contributed by atoms with E-state index in [9.17, 15) is 9.70 Å². The zero-order valence-electron chi connectivity index (χ0n) is 6.41. The Hall–Kier alpha value is -0.580. The van der Waals surface area contributed by atoms with Crippen LogP contribution in [-0.2, 0) is 9.53 Å². The van der Waals surface area contributed by atoms with Crippen LogP contribution in [0.4, 0.5) is 0 Å². The van der Waals surface area contributed by atoms with Gasteiger partial charge in [-0.15, -0.1) is 4.91 Å². The Kier molecular flexibility index (Phi) is 7.13. The quantitative estimate of drug-likeness (QED) is 0.268. The van der Waals surface area contributed by atoms with Crippen LogP contribution in [-0.4, -0.2) is 18.3 Å². The zero-order valence-corrected chi connectivity index (χ0v) is 7.23. The normalized spacial score (nSPS) is 9.18. The van der Waals surface area contributed by atoms with E-state index in [1.54, 1.807) is 0 Å². The number of carbonyl (C=O) groups excluding carboxylic acids is 1. The molecule has 0 rings (SSSR count). The van der Waals surface area contributed by atoms with E-state index in [-0.39, 0.29) is 12.4 Å². The molecule has 0 unspecified atom stereocenters. The van der Waals surface area contributed by atoms with Gasteiger partial charge in [0.25, 0.3) is 0 Å². The topological polar surface area (TPSA) is 55.7 Å². The first-order valence-electron chi connectivity index (χ1n) is 3.41. The van der Waals surface area contributed by atoms with E-state index >= 15 is 0 Å². The molecule has 0 aromatic carbocycles. The molecule has 0 saturated heterocycles. The lowest BCUT2D eigenvalue weighted by Crippen LogP contribution is -2.05. The number of nitroso groups, excluding NO2 is 1. The van der Waals surface area contributed by atoms with Gasteiger partial charge >= 0.3 is 5.97 Å². The molecular formula is C6H11NO3S. The molecule has 0 saturated carbocycles. The van der Waals surface area contributed by atoms with Gasteiger partial charge in [-0.3, -0.25) is 4.79 Å². The third-order valence-electron chi connectivity index (χ3n) is 0.917. The summed E-state index contributed by atoms with van der Waals surface area (Å²) in [5.74, 6) is 0.148. The van der Waals surface area contributed by atoms with Crippen molar-refractivity contribution in [3.8, 4) is 0 Å². The fraction of sp³-hybridized carbons (Fsp3) is 0.833. The highest BCUT2D eigenvalue weighted by molar-refractivity contribution is 7.97. The number of hydrogen-bond acceptors (Lipinski definition) is 5. The maximum Gasteiger partial charge on any atom is 0.306 e. The van der Waals surface area contributed by atoms with Crippen molar-refractivity contribution in [2.75, 3.05) is 12.4 Å². The number of nitrogens with zero attached hydrogens (tertiary/aromatic N) is 1. The van der Waals surface area contributed by atoms with E-state index in [0.717, 1.165) is 18.4 Å². The summed E-state index contributed by atoms with van der Waals surface area (Å²) >= 11 is 0.839. The lowest BCUT2D eigenvalue weighted by molar-refractivity contribution is -0.143. The van der Waals surface area contributed by atoms with Crippen LogP contribution in [0.5, 0.6) is 0 Å². The van der Waals surface area contributed by atoms with Gasteiger partial charge in [-0.2, -0.15) is 0 Å². The molecule has 5 heteroatoms. The molecule has 0 fully saturated rings. The van der Waals surface area contributed by atoms with Gasteiger partial charge in [-0.1, -0.05) is 6.92 Å². The van der Waals surface area contributed by atoms with Gasteiger partial charge in [0, 0.05) is 22.3 Å². The van der Waals surface area contributed by atoms with Crippen LogP contribution in [0.1, 0.15) is 19.8 Å². The van der Waals surface area contributed by atoms with Crippen LogP contribution in [0.2, 0.25) is 0 Å². The number of hydrogen-bond donors (Lipinski definition) is 0. The fourth-order valence-electron chi connectivity index (χ4n) is 0.454. The zero-order chi connectivity index (χ0) is 8.53. The van der Waals surface area contributed by atoms with Crippen molar-refractivity contribution >= 4 is 17.9 Å². The first-order chi connectivity index (χ1) is 5.31. The monoisotopic (exact) mass is 177 g/mol. The summed E-state index contributed by atoms with van der Waals surface area (Å²) in [7, 11) is 0. The Bertz CT molecular complexity index is 129. The minimum absolute atomic E-state index is 0.260. The number of carbonyl (C=O) groups is 1. The molecule has 0 amide bonds. The molecule has 4 nitrogen and oxygen atoms in total. The minimum atomic E-state index is -0.261. The Morgan fingerprint density at radius 1 is 1.64 bits per heavy atom. The van der Waals surface area contributed by atoms with Crippen LogP contribution in [0, 0.1) is 4.91 Å². The van der Waals surface area contributed by atoms with E-state index in [1.165, 1.54) is 0 Å². The summed E-state index contributed by atoms with van der Waals surface area (Å²) in [6.07, 6.45) is 1.08. The molecule has 0 aromatic rings. The van der Waals surface area contributed by atoms with Gasteiger partial charge in [0.2, 0.25) is 0 Å². The molecule has 0 aliphatic heterocycles. The summed E-state index contributed by atoms with van der Waals surface area (Å²) in [6, 6.07) is 0. The average Bonchev–Trinajstić information content (AvgIpc) is 2.01. The molecule has 0 N–H and O–H groups in total. The molecule has 0 spiro atoms. The Morgan fingerprint density at radius 2 is 2.36 bits per heavy atom. The molecule has 0 aromatic heterocycles. The van der Waals surface area contributed by atoms with Crippen molar-refractivity contribution in [2.24, 2.45) is 4.58 Å². The highest BCUT2D eigenvalue weighted by Gasteiger charge is 2.00. The second kappa shape index (κ2) is 7.53. The summed E-state index contributed by atoms with van der Waals surface area (Å²) in [5, 5.41) is 0. The second-order valence-corrected chi connectivity index (χ2v) is 2.69. The van der Waals surface area contributed by atoms with Gasteiger partial charge in [-0.25, -0.2) is 0 Å². The number of ether oxygens (including phenoxy) is 1. The van der Waals surface area contributed by atoms with E-state index in [4.69, 9.17) is 4.74 Å². The Morgan fingerprint density at radius 3 is 2.91 bits per heavy atom. The summed E-state index contributed by atoms with van der Waals surface area (Å²) in [5.41, 5.74) is 0. The Balaban J connectivity index is 3.15. The molecular weight excluding hydrogens is 166 g/mol. The molecule has 64 valence electrons. The summed E-state index contributed by atoms with van der Waals surface area (Å²) < 4.78 is 7.29. The van der Waals surface area contributed by atoms with Crippen molar-refractivity contribution < 1.29 is 9.53 Å². The molecule has 0 bridgehead atoms. The van der Waals surface area contributed by atoms with E-state index in [1.807, 2.05) is 6.92 Å². The van der Waals surface area contributed by atoms with Crippen LogP contribution >= 0.6 is 11.9 Å². The van der Waals surface area contributed by atoms with Gasteiger partial charge in [0.1, 0.15) is 0 Å². The smallest absolute Gasteiger partial charge is 0.306 e. The fourth-order valence-corrected chi connectivity index (χ4v) is 0.787. The van der Waals surface area contributed by atoms with Crippen LogP contribution in [0.15, 0.2) is 4.58 Å². The van der Waals surface area contributed by atoms with Crippen LogP contribution < -0.4 is 0 Å². The average molecular weight is 177 g/mol. The van der Waals surface area contributed by atoms with Crippen LogP contribution in [0.25, 0.3) is 0 Å². The summed E-state index contributed by atoms with van der Waals surface area (Å²) in [6.45, 7) is 2.38. The second-order valence-electron chi connectivity index (χ2n) is 1.88. The first kappa shape index (κ1) is 10.4. The third-order valence-corrected chi connectivity index (χ3v) is 1.41. The molecule has 0 atom stereocenters. The van der Waals surface area contributed by atoms with Gasteiger partial charge < -0.3 is 4.74 Å². The molecule has 11 heavy (non-hydrogen) atoms. The maximum atomic E-state index is 10.7. The highest BCUT2D eigenvalue weighted by Crippen LogP contribution is 2.03. The maximum absolute atomic E-state index is 10.7. The van der Waals surface area contributed by atoms with Gasteiger partial charge in [0.05, 0.1) is 13.0 Å². The largest absolute Gasteiger partial charge is 0.466 e. The van der Waals surface area contributed by atoms with E-state index < -0.39 is 0 Å². The number of esters is 1. The van der Waals surface area contributed by atoms with Crippen molar-refractivity contribution in [1.29, 1.82) is 0 Å². The predicted octanol–water partition coefficient (Wildman–Crippen LogP) is 1.74. The third kappa shape index (κ3) is 7.32. The van der Waals surface area contributed by atoms with Gasteiger partial charge in [-0.05, 0) is 6.42 Å². The van der Waals surface area contributed by atoms with Crippen molar-refractivity contribution in [3.05, 3.63) is 4.91 Å². The minimum Gasteiger partial charge on any atom is -0.466 e. The van der Waals surface area contributed by atoms with E-state index in [2.05, 4.69) is 4.58 Å².